The van der Waals surface area contributed by atoms with Crippen molar-refractivity contribution in [3.05, 3.63) is 65.7 Å². The van der Waals surface area contributed by atoms with Crippen molar-refractivity contribution in [2.75, 3.05) is 17.1 Å². The number of nitrogens with zero attached hydrogens (tertiary/aromatic N) is 2. The normalized spacial score (nSPS) is 10.9. The van der Waals surface area contributed by atoms with Gasteiger partial charge in [0.25, 0.3) is 20.3 Å². The lowest BCUT2D eigenvalue weighted by Gasteiger charge is -2.06. The first-order chi connectivity index (χ1) is 13.4. The number of aromatic nitrogens is 2. The van der Waals surface area contributed by atoms with Crippen LogP contribution in [0.1, 0.15) is 20.7 Å². The van der Waals surface area contributed by atoms with Crippen molar-refractivity contribution >= 4 is 44.1 Å². The Morgan fingerprint density at radius 1 is 1.00 bits per heavy atom. The number of esters is 1. The van der Waals surface area contributed by atoms with Gasteiger partial charge in [-0.1, -0.05) is 35.6 Å². The molecule has 1 amide bonds. The molecule has 9 nitrogen and oxygen atoms in total. The summed E-state index contributed by atoms with van der Waals surface area (Å²) < 4.78 is 31.6. The Morgan fingerprint density at radius 3 is 2.43 bits per heavy atom. The molecule has 0 atom stereocenters. The van der Waals surface area contributed by atoms with Gasteiger partial charge in [0, 0.05) is 11.3 Å². The highest BCUT2D eigenvalue weighted by Crippen LogP contribution is 2.23. The Morgan fingerprint density at radius 2 is 1.71 bits per heavy atom. The molecule has 1 aromatic heterocycles. The molecule has 0 aliphatic carbocycles. The number of anilines is 2. The van der Waals surface area contributed by atoms with E-state index in [0.29, 0.717) is 16.9 Å². The van der Waals surface area contributed by atoms with Gasteiger partial charge in [0.05, 0.1) is 12.7 Å². The monoisotopic (exact) mass is 418 g/mol. The topological polar surface area (TPSA) is 127 Å². The van der Waals surface area contributed by atoms with Gasteiger partial charge in [-0.25, -0.2) is 4.79 Å². The van der Waals surface area contributed by atoms with Crippen LogP contribution in [0.3, 0.4) is 0 Å². The zero-order valence-electron chi connectivity index (χ0n) is 14.4. The van der Waals surface area contributed by atoms with Gasteiger partial charge in [0.1, 0.15) is 0 Å². The van der Waals surface area contributed by atoms with Crippen molar-refractivity contribution in [3.63, 3.8) is 0 Å². The van der Waals surface area contributed by atoms with Gasteiger partial charge in [-0.05, 0) is 30.3 Å². The molecule has 0 radical (unpaired) electrons. The fourth-order valence-corrected chi connectivity index (χ4v) is 4.10. The molecule has 2 N–H and O–H groups in total. The van der Waals surface area contributed by atoms with Crippen LogP contribution in [0.25, 0.3) is 0 Å². The van der Waals surface area contributed by atoms with Crippen LogP contribution >= 0.6 is 11.3 Å². The van der Waals surface area contributed by atoms with Gasteiger partial charge in [0.15, 0.2) is 0 Å². The van der Waals surface area contributed by atoms with Crippen LogP contribution in [-0.4, -0.2) is 37.6 Å². The number of rotatable bonds is 6. The zero-order valence-corrected chi connectivity index (χ0v) is 16.1. The molecule has 0 spiro atoms. The number of benzene rings is 2. The third-order valence-electron chi connectivity index (χ3n) is 3.43. The second kappa shape index (κ2) is 8.15. The van der Waals surface area contributed by atoms with Crippen molar-refractivity contribution in [1.82, 2.24) is 10.2 Å². The minimum atomic E-state index is -4.05. The van der Waals surface area contributed by atoms with E-state index in [9.17, 15) is 18.0 Å². The van der Waals surface area contributed by atoms with E-state index in [-0.39, 0.29) is 20.7 Å². The molecule has 0 saturated carbocycles. The van der Waals surface area contributed by atoms with Gasteiger partial charge in [-0.15, -0.1) is 10.2 Å². The first kappa shape index (κ1) is 19.5. The Kier molecular flexibility index (Phi) is 5.66. The summed E-state index contributed by atoms with van der Waals surface area (Å²) in [5.41, 5.74) is 0.753. The highest BCUT2D eigenvalue weighted by Gasteiger charge is 2.22. The maximum Gasteiger partial charge on any atom is 0.337 e. The average Bonchev–Trinajstić information content (AvgIpc) is 3.17. The van der Waals surface area contributed by atoms with E-state index in [4.69, 9.17) is 0 Å². The number of amides is 1. The van der Waals surface area contributed by atoms with Crippen molar-refractivity contribution < 1.29 is 22.7 Å². The maximum atomic E-state index is 12.5. The summed E-state index contributed by atoms with van der Waals surface area (Å²) in [6.45, 7) is 0. The minimum absolute atomic E-state index is 0.0394. The molecule has 3 aromatic rings. The van der Waals surface area contributed by atoms with E-state index >= 15 is 0 Å². The third kappa shape index (κ3) is 4.50. The van der Waals surface area contributed by atoms with E-state index in [1.165, 1.54) is 31.4 Å². The largest absolute Gasteiger partial charge is 0.465 e. The molecule has 0 aliphatic heterocycles. The molecular formula is C17H14N4O5S2. The number of hydrogen-bond acceptors (Lipinski definition) is 8. The van der Waals surface area contributed by atoms with Crippen LogP contribution < -0.4 is 10.0 Å². The lowest BCUT2D eigenvalue weighted by atomic mass is 10.2. The summed E-state index contributed by atoms with van der Waals surface area (Å²) in [6, 6.07) is 14.2. The van der Waals surface area contributed by atoms with Crippen LogP contribution in [0, 0.1) is 0 Å². The molecule has 144 valence electrons. The molecule has 0 bridgehead atoms. The summed E-state index contributed by atoms with van der Waals surface area (Å²) in [5.74, 6) is -1.03. The minimum Gasteiger partial charge on any atom is -0.465 e. The lowest BCUT2D eigenvalue weighted by Crippen LogP contribution is -2.13. The van der Waals surface area contributed by atoms with Gasteiger partial charge < -0.3 is 4.74 Å². The Labute approximate surface area is 164 Å². The second-order valence-corrected chi connectivity index (χ2v) is 8.20. The predicted molar refractivity (Wildman–Crippen MR) is 103 cm³/mol. The van der Waals surface area contributed by atoms with Crippen molar-refractivity contribution in [1.29, 1.82) is 0 Å². The molecule has 0 aliphatic rings. The predicted octanol–water partition coefficient (Wildman–Crippen LogP) is 2.38. The van der Waals surface area contributed by atoms with E-state index in [2.05, 4.69) is 25.0 Å². The lowest BCUT2D eigenvalue weighted by molar-refractivity contribution is 0.0600. The van der Waals surface area contributed by atoms with Crippen LogP contribution in [-0.2, 0) is 14.8 Å². The Balaban J connectivity index is 1.75. The van der Waals surface area contributed by atoms with E-state index in [0.717, 1.165) is 0 Å². The first-order valence-electron chi connectivity index (χ1n) is 7.80. The molecule has 2 aromatic carbocycles. The molecule has 0 saturated heterocycles. The fraction of sp³-hybridized carbons (Fsp3) is 0.0588. The van der Waals surface area contributed by atoms with Crippen molar-refractivity contribution in [2.45, 2.75) is 4.34 Å². The number of methoxy groups -OCH3 is 1. The smallest absolute Gasteiger partial charge is 0.337 e. The standard InChI is InChI=1S/C17H14N4O5S2/c1-26-15(23)12-8-5-9-13(10-12)21-28(24,25)17-20-19-16(27-17)18-14(22)11-6-3-2-4-7-11/h2-10,21H,1H3,(H,18,19,22). The molecule has 3 rings (SSSR count). The van der Waals surface area contributed by atoms with Crippen LogP contribution in [0.4, 0.5) is 10.8 Å². The molecule has 0 unspecified atom stereocenters. The summed E-state index contributed by atoms with van der Waals surface area (Å²) >= 11 is 0.701. The molecule has 11 heteroatoms. The highest BCUT2D eigenvalue weighted by molar-refractivity contribution is 7.94. The van der Waals surface area contributed by atoms with Gasteiger partial charge in [0.2, 0.25) is 5.13 Å². The summed E-state index contributed by atoms with van der Waals surface area (Å²) in [4.78, 5) is 23.7. The molecular weight excluding hydrogens is 404 g/mol. The van der Waals surface area contributed by atoms with Gasteiger partial charge >= 0.3 is 5.97 Å². The van der Waals surface area contributed by atoms with E-state index in [1.54, 1.807) is 30.3 Å². The number of sulfonamides is 1. The van der Waals surface area contributed by atoms with Crippen molar-refractivity contribution in [3.8, 4) is 0 Å². The highest BCUT2D eigenvalue weighted by atomic mass is 32.2. The van der Waals surface area contributed by atoms with Crippen LogP contribution in [0.15, 0.2) is 58.9 Å². The molecule has 0 fully saturated rings. The van der Waals surface area contributed by atoms with E-state index < -0.39 is 21.9 Å². The van der Waals surface area contributed by atoms with Gasteiger partial charge in [-0.3, -0.25) is 14.8 Å². The Bertz CT molecular complexity index is 1110. The summed E-state index contributed by atoms with van der Waals surface area (Å²) in [6.07, 6.45) is 0. The number of nitrogens with one attached hydrogen (secondary N) is 2. The number of hydrogen-bond donors (Lipinski definition) is 2. The molecule has 1 heterocycles. The number of carbonyl (C=O) groups is 2. The second-order valence-electron chi connectivity index (χ2n) is 5.37. The SMILES string of the molecule is COC(=O)c1cccc(NS(=O)(=O)c2nnc(NC(=O)c3ccccc3)s2)c1. The van der Waals surface area contributed by atoms with Crippen LogP contribution in [0.5, 0.6) is 0 Å². The van der Waals surface area contributed by atoms with Crippen LogP contribution in [0.2, 0.25) is 0 Å². The summed E-state index contributed by atoms with van der Waals surface area (Å²) in [7, 11) is -2.82. The maximum absolute atomic E-state index is 12.5. The fourth-order valence-electron chi connectivity index (χ4n) is 2.15. The summed E-state index contributed by atoms with van der Waals surface area (Å²) in [5, 5.41) is 9.85. The molecule has 28 heavy (non-hydrogen) atoms. The quantitative estimate of drug-likeness (QED) is 0.465. The van der Waals surface area contributed by atoms with Gasteiger partial charge in [-0.2, -0.15) is 8.42 Å². The third-order valence-corrected chi connectivity index (χ3v) is 6.02. The average molecular weight is 418 g/mol. The van der Waals surface area contributed by atoms with Crippen molar-refractivity contribution in [2.24, 2.45) is 0 Å². The zero-order chi connectivity index (χ0) is 20.1. The van der Waals surface area contributed by atoms with E-state index in [1.807, 2.05) is 0 Å². The first-order valence-corrected chi connectivity index (χ1v) is 10.1. The number of carbonyl (C=O) groups excluding carboxylic acids is 2. The number of ether oxygens (including phenoxy) is 1. The Hall–Kier alpha value is -3.31.